The Morgan fingerprint density at radius 1 is 1.09 bits per heavy atom. The molecule has 0 aliphatic carbocycles. The van der Waals surface area contributed by atoms with E-state index in [0.29, 0.717) is 11.3 Å². The second-order valence-corrected chi connectivity index (χ2v) is 5.73. The van der Waals surface area contributed by atoms with Crippen molar-refractivity contribution in [2.24, 2.45) is 5.92 Å². The van der Waals surface area contributed by atoms with Crippen LogP contribution in [0.2, 0.25) is 0 Å². The number of carbonyl (C=O) groups excluding carboxylic acids is 2. The van der Waals surface area contributed by atoms with Crippen LogP contribution >= 0.6 is 0 Å². The number of benzene rings is 1. The molecule has 0 aliphatic rings. The molecule has 2 rings (SSSR count). The zero-order valence-electron chi connectivity index (χ0n) is 13.6. The molecular formula is C17H21N3O2. The second-order valence-electron chi connectivity index (χ2n) is 5.73. The number of aromatic nitrogens is 2. The average molecular weight is 299 g/mol. The van der Waals surface area contributed by atoms with Crippen molar-refractivity contribution >= 4 is 17.5 Å². The molecule has 0 unspecified atom stereocenters. The van der Waals surface area contributed by atoms with Gasteiger partial charge in [-0.2, -0.15) is 5.10 Å². The quantitative estimate of drug-likeness (QED) is 0.947. The summed E-state index contributed by atoms with van der Waals surface area (Å²) in [6, 6.07) is 6.85. The molecule has 116 valence electrons. The lowest BCUT2D eigenvalue weighted by Gasteiger charge is -2.08. The van der Waals surface area contributed by atoms with Crippen molar-refractivity contribution in [3.8, 4) is 0 Å². The van der Waals surface area contributed by atoms with E-state index in [0.717, 1.165) is 17.0 Å². The van der Waals surface area contributed by atoms with Crippen LogP contribution in [-0.4, -0.2) is 21.6 Å². The Bertz CT molecular complexity index is 712. The van der Waals surface area contributed by atoms with Gasteiger partial charge in [-0.1, -0.05) is 13.8 Å². The molecule has 5 heteroatoms. The zero-order valence-corrected chi connectivity index (χ0v) is 13.6. The standard InChI is InChI=1S/C17H21N3O2/c1-10(2)16(21)18-15-8-6-14(7-9-15)17(22)20-13(5)11(3)12(4)19-20/h6-10H,1-5H3,(H,18,21). The predicted octanol–water partition coefficient (Wildman–Crippen LogP) is 3.09. The fraction of sp³-hybridized carbons (Fsp3) is 0.353. The maximum atomic E-state index is 12.5. The number of rotatable bonds is 3. The van der Waals surface area contributed by atoms with Crippen LogP contribution in [0, 0.1) is 26.7 Å². The number of hydrogen-bond acceptors (Lipinski definition) is 3. The van der Waals surface area contributed by atoms with Crippen LogP contribution in [0.4, 0.5) is 5.69 Å². The van der Waals surface area contributed by atoms with Crippen LogP contribution in [-0.2, 0) is 4.79 Å². The van der Waals surface area contributed by atoms with E-state index in [2.05, 4.69) is 10.4 Å². The van der Waals surface area contributed by atoms with Gasteiger partial charge in [0.05, 0.1) is 5.69 Å². The average Bonchev–Trinajstić information content (AvgIpc) is 2.75. The molecule has 0 aliphatic heterocycles. The number of nitrogens with zero attached hydrogens (tertiary/aromatic N) is 2. The second kappa shape index (κ2) is 6.13. The van der Waals surface area contributed by atoms with Crippen molar-refractivity contribution in [3.05, 3.63) is 46.8 Å². The predicted molar refractivity (Wildman–Crippen MR) is 86.1 cm³/mol. The molecule has 0 radical (unpaired) electrons. The van der Waals surface area contributed by atoms with Gasteiger partial charge in [-0.25, -0.2) is 4.68 Å². The minimum absolute atomic E-state index is 0.0479. The SMILES string of the molecule is Cc1nn(C(=O)c2ccc(NC(=O)C(C)C)cc2)c(C)c1C. The van der Waals surface area contributed by atoms with Crippen molar-refractivity contribution in [2.45, 2.75) is 34.6 Å². The Labute approximate surface area is 130 Å². The first-order valence-electron chi connectivity index (χ1n) is 7.29. The van der Waals surface area contributed by atoms with Crippen molar-refractivity contribution < 1.29 is 9.59 Å². The maximum absolute atomic E-state index is 12.5. The molecule has 5 nitrogen and oxygen atoms in total. The summed E-state index contributed by atoms with van der Waals surface area (Å²) in [6.07, 6.45) is 0. The molecule has 0 saturated carbocycles. The molecule has 0 spiro atoms. The van der Waals surface area contributed by atoms with Gasteiger partial charge in [0.1, 0.15) is 0 Å². The van der Waals surface area contributed by atoms with Crippen LogP contribution in [0.3, 0.4) is 0 Å². The van der Waals surface area contributed by atoms with Gasteiger partial charge in [-0.15, -0.1) is 0 Å². The third kappa shape index (κ3) is 3.08. The van der Waals surface area contributed by atoms with E-state index >= 15 is 0 Å². The number of nitrogens with one attached hydrogen (secondary N) is 1. The molecule has 1 amide bonds. The van der Waals surface area contributed by atoms with Gasteiger partial charge in [0.15, 0.2) is 0 Å². The molecule has 0 bridgehead atoms. The van der Waals surface area contributed by atoms with E-state index in [1.807, 2.05) is 34.6 Å². The first kappa shape index (κ1) is 15.9. The molecule has 22 heavy (non-hydrogen) atoms. The Hall–Kier alpha value is -2.43. The number of carbonyl (C=O) groups is 2. The van der Waals surface area contributed by atoms with Crippen LogP contribution in [0.15, 0.2) is 24.3 Å². The lowest BCUT2D eigenvalue weighted by atomic mass is 10.1. The van der Waals surface area contributed by atoms with Crippen molar-refractivity contribution in [3.63, 3.8) is 0 Å². The number of amides is 1. The number of anilines is 1. The van der Waals surface area contributed by atoms with E-state index < -0.39 is 0 Å². The largest absolute Gasteiger partial charge is 0.326 e. The highest BCUT2D eigenvalue weighted by atomic mass is 16.2. The highest BCUT2D eigenvalue weighted by Gasteiger charge is 2.15. The first-order chi connectivity index (χ1) is 10.3. The highest BCUT2D eigenvalue weighted by Crippen LogP contribution is 2.15. The Balaban J connectivity index is 2.21. The lowest BCUT2D eigenvalue weighted by molar-refractivity contribution is -0.118. The number of hydrogen-bond donors (Lipinski definition) is 1. The van der Waals surface area contributed by atoms with E-state index in [1.54, 1.807) is 24.3 Å². The summed E-state index contributed by atoms with van der Waals surface area (Å²) in [5.74, 6) is -0.303. The summed E-state index contributed by atoms with van der Waals surface area (Å²) in [6.45, 7) is 9.38. The Morgan fingerprint density at radius 2 is 1.68 bits per heavy atom. The van der Waals surface area contributed by atoms with Gasteiger partial charge >= 0.3 is 0 Å². The third-order valence-electron chi connectivity index (χ3n) is 3.77. The van der Waals surface area contributed by atoms with Gasteiger partial charge in [0, 0.05) is 22.9 Å². The minimum atomic E-state index is -0.171. The molecule has 1 heterocycles. The fourth-order valence-electron chi connectivity index (χ4n) is 2.02. The molecule has 1 aromatic heterocycles. The minimum Gasteiger partial charge on any atom is -0.326 e. The van der Waals surface area contributed by atoms with E-state index in [-0.39, 0.29) is 17.7 Å². The highest BCUT2D eigenvalue weighted by molar-refractivity contribution is 5.97. The molecule has 1 N–H and O–H groups in total. The van der Waals surface area contributed by atoms with E-state index in [9.17, 15) is 9.59 Å². The first-order valence-corrected chi connectivity index (χ1v) is 7.29. The summed E-state index contributed by atoms with van der Waals surface area (Å²) in [5.41, 5.74) is 3.94. The topological polar surface area (TPSA) is 64.0 Å². The van der Waals surface area contributed by atoms with Crippen LogP contribution in [0.25, 0.3) is 0 Å². The van der Waals surface area contributed by atoms with Crippen LogP contribution in [0.1, 0.15) is 41.2 Å². The molecule has 0 saturated heterocycles. The van der Waals surface area contributed by atoms with Crippen molar-refractivity contribution in [1.29, 1.82) is 0 Å². The van der Waals surface area contributed by atoms with Crippen LogP contribution < -0.4 is 5.32 Å². The van der Waals surface area contributed by atoms with E-state index in [1.165, 1.54) is 4.68 Å². The molecule has 0 atom stereocenters. The van der Waals surface area contributed by atoms with Gasteiger partial charge in [0.2, 0.25) is 5.91 Å². The lowest BCUT2D eigenvalue weighted by Crippen LogP contribution is -2.18. The summed E-state index contributed by atoms with van der Waals surface area (Å²) in [4.78, 5) is 24.1. The third-order valence-corrected chi connectivity index (χ3v) is 3.77. The molecule has 1 aromatic carbocycles. The Morgan fingerprint density at radius 3 is 2.14 bits per heavy atom. The fourth-order valence-corrected chi connectivity index (χ4v) is 2.02. The summed E-state index contributed by atoms with van der Waals surface area (Å²) in [5, 5.41) is 7.08. The summed E-state index contributed by atoms with van der Waals surface area (Å²) < 4.78 is 1.42. The maximum Gasteiger partial charge on any atom is 0.278 e. The monoisotopic (exact) mass is 299 g/mol. The van der Waals surface area contributed by atoms with Gasteiger partial charge in [-0.05, 0) is 50.6 Å². The summed E-state index contributed by atoms with van der Waals surface area (Å²) >= 11 is 0. The molecule has 0 fully saturated rings. The van der Waals surface area contributed by atoms with E-state index in [4.69, 9.17) is 0 Å². The van der Waals surface area contributed by atoms with Crippen molar-refractivity contribution in [2.75, 3.05) is 5.32 Å². The zero-order chi connectivity index (χ0) is 16.4. The summed E-state index contributed by atoms with van der Waals surface area (Å²) in [7, 11) is 0. The van der Waals surface area contributed by atoms with Crippen LogP contribution in [0.5, 0.6) is 0 Å². The number of aryl methyl sites for hydroxylation is 1. The molecule has 2 aromatic rings. The van der Waals surface area contributed by atoms with Gasteiger partial charge < -0.3 is 5.32 Å². The van der Waals surface area contributed by atoms with Gasteiger partial charge in [-0.3, -0.25) is 9.59 Å². The van der Waals surface area contributed by atoms with Gasteiger partial charge in [0.25, 0.3) is 5.91 Å². The normalized spacial score (nSPS) is 10.8. The molecular weight excluding hydrogens is 278 g/mol. The smallest absolute Gasteiger partial charge is 0.278 e. The van der Waals surface area contributed by atoms with Crippen molar-refractivity contribution in [1.82, 2.24) is 9.78 Å². The Kier molecular flexibility index (Phi) is 4.45.